The highest BCUT2D eigenvalue weighted by Gasteiger charge is 2.16. The Balaban J connectivity index is 1.16. The van der Waals surface area contributed by atoms with Crippen LogP contribution in [0.1, 0.15) is 0 Å². The molecule has 2 heterocycles. The molecule has 0 spiro atoms. The second-order valence-corrected chi connectivity index (χ2v) is 13.1. The van der Waals surface area contributed by atoms with Crippen molar-refractivity contribution < 1.29 is 0 Å². The van der Waals surface area contributed by atoms with E-state index in [-0.39, 0.29) is 0 Å². The molecular weight excluding hydrogens is 615 g/mol. The van der Waals surface area contributed by atoms with Gasteiger partial charge in [0.2, 0.25) is 0 Å². The second-order valence-electron chi connectivity index (χ2n) is 12.0. The highest BCUT2D eigenvalue weighted by atomic mass is 32.1. The lowest BCUT2D eigenvalue weighted by Gasteiger charge is -2.14. The molecular formula is C45H29N3S. The van der Waals surface area contributed by atoms with Crippen LogP contribution >= 0.6 is 11.3 Å². The predicted octanol–water partition coefficient (Wildman–Crippen LogP) is 12.2. The molecule has 0 bridgehead atoms. The van der Waals surface area contributed by atoms with Crippen molar-refractivity contribution >= 4 is 32.3 Å². The maximum Gasteiger partial charge on any atom is 0.160 e. The molecule has 9 aromatic rings. The largest absolute Gasteiger partial charge is 0.236 e. The molecule has 7 aromatic carbocycles. The number of aromatic nitrogens is 3. The number of hydrogen-bond donors (Lipinski definition) is 0. The van der Waals surface area contributed by atoms with Gasteiger partial charge in [-0.05, 0) is 51.2 Å². The normalized spacial score (nSPS) is 11.3. The molecule has 0 aliphatic rings. The number of benzene rings is 7. The summed E-state index contributed by atoms with van der Waals surface area (Å²) in [4.78, 5) is 15.2. The third-order valence-electron chi connectivity index (χ3n) is 8.97. The molecule has 230 valence electrons. The molecule has 0 amide bonds. The van der Waals surface area contributed by atoms with Crippen molar-refractivity contribution in [2.24, 2.45) is 0 Å². The summed E-state index contributed by atoms with van der Waals surface area (Å²) in [5.41, 5.74) is 11.8. The Kier molecular flexibility index (Phi) is 7.34. The van der Waals surface area contributed by atoms with Crippen molar-refractivity contribution in [3.63, 3.8) is 0 Å². The van der Waals surface area contributed by atoms with Gasteiger partial charge in [0, 0.05) is 22.3 Å². The van der Waals surface area contributed by atoms with Gasteiger partial charge in [-0.15, -0.1) is 11.3 Å². The first-order valence-electron chi connectivity index (χ1n) is 16.4. The van der Waals surface area contributed by atoms with Crippen LogP contribution in [0.5, 0.6) is 0 Å². The van der Waals surface area contributed by atoms with Crippen molar-refractivity contribution in [3.05, 3.63) is 176 Å². The average molecular weight is 644 g/mol. The van der Waals surface area contributed by atoms with Gasteiger partial charge in [-0.1, -0.05) is 158 Å². The van der Waals surface area contributed by atoms with E-state index < -0.39 is 0 Å². The van der Waals surface area contributed by atoms with Crippen LogP contribution in [0, 0.1) is 0 Å². The van der Waals surface area contributed by atoms with Gasteiger partial charge in [0.05, 0.1) is 21.6 Å². The lowest BCUT2D eigenvalue weighted by atomic mass is 9.93. The van der Waals surface area contributed by atoms with E-state index in [1.54, 1.807) is 11.3 Å². The maximum absolute atomic E-state index is 5.17. The monoisotopic (exact) mass is 643 g/mol. The van der Waals surface area contributed by atoms with Crippen molar-refractivity contribution in [3.8, 4) is 66.7 Å². The number of fused-ring (bicyclic) bond motifs is 2. The zero-order chi connectivity index (χ0) is 32.6. The SMILES string of the molecule is c1ccc(-c2ccc(-c3cc(-c4ccc(-c5ccc6nc(-c7ccccc7)sc6c5)c5ccccc45)nc(-c4ccccc4)n3)cc2)cc1. The van der Waals surface area contributed by atoms with Gasteiger partial charge in [0.1, 0.15) is 5.01 Å². The highest BCUT2D eigenvalue weighted by Crippen LogP contribution is 2.39. The maximum atomic E-state index is 5.17. The van der Waals surface area contributed by atoms with E-state index in [0.29, 0.717) is 5.82 Å². The molecule has 0 radical (unpaired) electrons. The summed E-state index contributed by atoms with van der Waals surface area (Å²) in [7, 11) is 0. The lowest BCUT2D eigenvalue weighted by Crippen LogP contribution is -1.96. The second kappa shape index (κ2) is 12.4. The lowest BCUT2D eigenvalue weighted by molar-refractivity contribution is 1.18. The molecule has 9 rings (SSSR count). The summed E-state index contributed by atoms with van der Waals surface area (Å²) < 4.78 is 1.18. The zero-order valence-electron chi connectivity index (χ0n) is 26.5. The Morgan fingerprint density at radius 1 is 0.347 bits per heavy atom. The average Bonchev–Trinajstić information content (AvgIpc) is 3.62. The van der Waals surface area contributed by atoms with Crippen LogP contribution in [0.3, 0.4) is 0 Å². The number of hydrogen-bond acceptors (Lipinski definition) is 4. The van der Waals surface area contributed by atoms with Gasteiger partial charge < -0.3 is 0 Å². The molecule has 0 aliphatic heterocycles. The molecule has 3 nitrogen and oxygen atoms in total. The molecule has 2 aromatic heterocycles. The fraction of sp³-hybridized carbons (Fsp3) is 0. The Morgan fingerprint density at radius 3 is 1.59 bits per heavy atom. The topological polar surface area (TPSA) is 38.7 Å². The molecule has 0 fully saturated rings. The summed E-state index contributed by atoms with van der Waals surface area (Å²) in [6.07, 6.45) is 0. The molecule has 0 unspecified atom stereocenters. The smallest absolute Gasteiger partial charge is 0.160 e. The Bertz CT molecular complexity index is 2580. The Hall–Kier alpha value is -6.23. The van der Waals surface area contributed by atoms with E-state index in [1.165, 1.54) is 32.3 Å². The predicted molar refractivity (Wildman–Crippen MR) is 205 cm³/mol. The van der Waals surface area contributed by atoms with Gasteiger partial charge in [-0.3, -0.25) is 0 Å². The van der Waals surface area contributed by atoms with Crippen LogP contribution < -0.4 is 0 Å². The van der Waals surface area contributed by atoms with E-state index in [1.807, 2.05) is 30.3 Å². The zero-order valence-corrected chi connectivity index (χ0v) is 27.3. The number of thiazole rings is 1. The van der Waals surface area contributed by atoms with Gasteiger partial charge >= 0.3 is 0 Å². The molecule has 4 heteroatoms. The summed E-state index contributed by atoms with van der Waals surface area (Å²) in [5.74, 6) is 0.707. The van der Waals surface area contributed by atoms with E-state index in [0.717, 1.165) is 49.6 Å². The van der Waals surface area contributed by atoms with Crippen molar-refractivity contribution in [2.75, 3.05) is 0 Å². The fourth-order valence-corrected chi connectivity index (χ4v) is 7.49. The third-order valence-corrected chi connectivity index (χ3v) is 10.0. The van der Waals surface area contributed by atoms with Crippen LogP contribution in [0.4, 0.5) is 0 Å². The van der Waals surface area contributed by atoms with Gasteiger partial charge in [-0.2, -0.15) is 0 Å². The molecule has 0 N–H and O–H groups in total. The summed E-state index contributed by atoms with van der Waals surface area (Å²) >= 11 is 1.74. The van der Waals surface area contributed by atoms with Crippen molar-refractivity contribution in [1.29, 1.82) is 0 Å². The number of rotatable bonds is 6. The first-order valence-corrected chi connectivity index (χ1v) is 17.2. The van der Waals surface area contributed by atoms with E-state index in [9.17, 15) is 0 Å². The minimum Gasteiger partial charge on any atom is -0.236 e. The Morgan fingerprint density at radius 2 is 0.878 bits per heavy atom. The van der Waals surface area contributed by atoms with Crippen LogP contribution in [0.25, 0.3) is 87.7 Å². The molecule has 49 heavy (non-hydrogen) atoms. The number of nitrogens with zero attached hydrogens (tertiary/aromatic N) is 3. The van der Waals surface area contributed by atoms with Gasteiger partial charge in [-0.25, -0.2) is 15.0 Å². The molecule has 0 aliphatic carbocycles. The van der Waals surface area contributed by atoms with Gasteiger partial charge in [0.25, 0.3) is 0 Å². The van der Waals surface area contributed by atoms with Gasteiger partial charge in [0.15, 0.2) is 5.82 Å². The minimum absolute atomic E-state index is 0.707. The standard InChI is InChI=1S/C45H29N3S/c1-4-12-30(13-5-1)31-20-22-32(23-21-31)41-29-42(47-44(46-41)33-14-6-2-7-15-33)39-26-25-36(37-18-10-11-19-38(37)39)35-24-27-40-43(28-35)49-45(48-40)34-16-8-3-9-17-34/h1-29H. The fourth-order valence-electron chi connectivity index (χ4n) is 6.48. The van der Waals surface area contributed by atoms with Crippen LogP contribution in [0.2, 0.25) is 0 Å². The van der Waals surface area contributed by atoms with Crippen molar-refractivity contribution in [2.45, 2.75) is 0 Å². The van der Waals surface area contributed by atoms with Crippen LogP contribution in [0.15, 0.2) is 176 Å². The van der Waals surface area contributed by atoms with E-state index >= 15 is 0 Å². The first kappa shape index (κ1) is 29.0. The molecule has 0 saturated heterocycles. The van der Waals surface area contributed by atoms with E-state index in [2.05, 4.69) is 146 Å². The third kappa shape index (κ3) is 5.58. The summed E-state index contributed by atoms with van der Waals surface area (Å²) in [5, 5.41) is 3.37. The van der Waals surface area contributed by atoms with Crippen LogP contribution in [-0.4, -0.2) is 15.0 Å². The molecule has 0 saturated carbocycles. The minimum atomic E-state index is 0.707. The van der Waals surface area contributed by atoms with Crippen LogP contribution in [-0.2, 0) is 0 Å². The summed E-state index contributed by atoms with van der Waals surface area (Å²) in [6, 6.07) is 61.5. The summed E-state index contributed by atoms with van der Waals surface area (Å²) in [6.45, 7) is 0. The quantitative estimate of drug-likeness (QED) is 0.181. The highest BCUT2D eigenvalue weighted by molar-refractivity contribution is 7.21. The molecule has 0 atom stereocenters. The Labute approximate surface area is 288 Å². The van der Waals surface area contributed by atoms with Crippen molar-refractivity contribution in [1.82, 2.24) is 15.0 Å². The first-order chi connectivity index (χ1) is 24.3. The van der Waals surface area contributed by atoms with E-state index in [4.69, 9.17) is 15.0 Å².